The van der Waals surface area contributed by atoms with Gasteiger partial charge in [-0.25, -0.2) is 0 Å². The minimum Gasteiger partial charge on any atom is -0.465 e. The van der Waals surface area contributed by atoms with Crippen molar-refractivity contribution >= 4 is 0 Å². The smallest absolute Gasteiger partial charge is 0.114 e. The van der Waals surface area contributed by atoms with Crippen molar-refractivity contribution in [3.8, 4) is 0 Å². The lowest BCUT2D eigenvalue weighted by atomic mass is 9.75. The minimum atomic E-state index is 0.172. The fourth-order valence-electron chi connectivity index (χ4n) is 3.16. The second-order valence-corrected chi connectivity index (χ2v) is 5.54. The van der Waals surface area contributed by atoms with Crippen molar-refractivity contribution < 1.29 is 4.42 Å². The van der Waals surface area contributed by atoms with Gasteiger partial charge in [-0.2, -0.15) is 0 Å². The number of furan rings is 1. The molecule has 1 heterocycles. The number of hydrogen-bond acceptors (Lipinski definition) is 1. The molecule has 1 nitrogen and oxygen atoms in total. The van der Waals surface area contributed by atoms with Gasteiger partial charge in [0, 0.05) is 16.9 Å². The van der Waals surface area contributed by atoms with Crippen LogP contribution >= 0.6 is 0 Å². The summed E-state index contributed by atoms with van der Waals surface area (Å²) >= 11 is 0. The van der Waals surface area contributed by atoms with Crippen LogP contribution < -0.4 is 0 Å². The first-order valence-corrected chi connectivity index (χ1v) is 5.88. The summed E-state index contributed by atoms with van der Waals surface area (Å²) < 4.78 is 5.94. The summed E-state index contributed by atoms with van der Waals surface area (Å²) in [6, 6.07) is 2.24. The van der Waals surface area contributed by atoms with E-state index >= 15 is 0 Å². The molecule has 3 aliphatic carbocycles. The highest BCUT2D eigenvalue weighted by Gasteiger charge is 2.41. The highest BCUT2D eigenvalue weighted by Crippen LogP contribution is 2.49. The lowest BCUT2D eigenvalue weighted by Crippen LogP contribution is -2.26. The summed E-state index contributed by atoms with van der Waals surface area (Å²) in [4.78, 5) is 0. The average molecular weight is 202 g/mol. The standard InChI is InChI=1S/C14H18O/c1-9-8-12-10-4-6-11(7-5-10)14(2,3)13(12)15-9/h4,6,8,10-11H,5,7H2,1-3H3. The van der Waals surface area contributed by atoms with E-state index in [0.717, 1.165) is 5.76 Å². The molecule has 0 aromatic carbocycles. The molecule has 2 atom stereocenters. The topological polar surface area (TPSA) is 13.1 Å². The Labute approximate surface area is 91.2 Å². The molecule has 0 spiro atoms. The molecule has 0 amide bonds. The van der Waals surface area contributed by atoms with Crippen molar-refractivity contribution in [2.45, 2.75) is 44.9 Å². The van der Waals surface area contributed by atoms with Crippen molar-refractivity contribution in [1.82, 2.24) is 0 Å². The van der Waals surface area contributed by atoms with Crippen molar-refractivity contribution in [1.29, 1.82) is 0 Å². The number of hydrogen-bond donors (Lipinski definition) is 0. The molecule has 0 N–H and O–H groups in total. The van der Waals surface area contributed by atoms with Gasteiger partial charge in [-0.15, -0.1) is 0 Å². The minimum absolute atomic E-state index is 0.172. The van der Waals surface area contributed by atoms with Crippen LogP contribution in [0.25, 0.3) is 0 Å². The van der Waals surface area contributed by atoms with Gasteiger partial charge >= 0.3 is 0 Å². The molecule has 2 unspecified atom stereocenters. The van der Waals surface area contributed by atoms with E-state index in [1.807, 2.05) is 0 Å². The van der Waals surface area contributed by atoms with Crippen LogP contribution in [0.1, 0.15) is 49.7 Å². The molecule has 1 heteroatoms. The van der Waals surface area contributed by atoms with Crippen LogP contribution in [0.2, 0.25) is 0 Å². The molecule has 0 fully saturated rings. The zero-order valence-corrected chi connectivity index (χ0v) is 9.71. The zero-order valence-electron chi connectivity index (χ0n) is 9.71. The quantitative estimate of drug-likeness (QED) is 0.581. The van der Waals surface area contributed by atoms with Crippen LogP contribution in [0.5, 0.6) is 0 Å². The monoisotopic (exact) mass is 202 g/mol. The molecule has 3 aliphatic rings. The maximum Gasteiger partial charge on any atom is 0.114 e. The predicted octanol–water partition coefficient (Wildman–Crippen LogP) is 3.93. The van der Waals surface area contributed by atoms with Gasteiger partial charge in [0.15, 0.2) is 0 Å². The third kappa shape index (κ3) is 1.15. The second-order valence-electron chi connectivity index (χ2n) is 5.54. The SMILES string of the molecule is Cc1cc2c(o1)C(C)(C)C1C=CC2CC1. The van der Waals surface area contributed by atoms with Crippen LogP contribution in [0.3, 0.4) is 0 Å². The van der Waals surface area contributed by atoms with Crippen LogP contribution in [0.15, 0.2) is 22.6 Å². The van der Waals surface area contributed by atoms with Crippen LogP contribution in [-0.2, 0) is 5.41 Å². The fourth-order valence-corrected chi connectivity index (χ4v) is 3.16. The highest BCUT2D eigenvalue weighted by atomic mass is 16.3. The predicted molar refractivity (Wildman–Crippen MR) is 61.1 cm³/mol. The van der Waals surface area contributed by atoms with Crippen LogP contribution in [-0.4, -0.2) is 0 Å². The van der Waals surface area contributed by atoms with Crippen molar-refractivity contribution in [2.24, 2.45) is 5.92 Å². The summed E-state index contributed by atoms with van der Waals surface area (Å²) in [6.07, 6.45) is 7.38. The second kappa shape index (κ2) is 2.78. The van der Waals surface area contributed by atoms with Crippen molar-refractivity contribution in [3.63, 3.8) is 0 Å². The van der Waals surface area contributed by atoms with E-state index in [0.29, 0.717) is 11.8 Å². The molecule has 80 valence electrons. The van der Waals surface area contributed by atoms with E-state index in [-0.39, 0.29) is 5.41 Å². The molecule has 0 radical (unpaired) electrons. The van der Waals surface area contributed by atoms with Crippen LogP contribution in [0.4, 0.5) is 0 Å². The maximum atomic E-state index is 5.94. The number of allylic oxidation sites excluding steroid dienone is 2. The molecule has 0 saturated carbocycles. The molecular weight excluding hydrogens is 184 g/mol. The van der Waals surface area contributed by atoms with Crippen molar-refractivity contribution in [3.05, 3.63) is 35.3 Å². The summed E-state index contributed by atoms with van der Waals surface area (Å²) in [6.45, 7) is 6.69. The molecular formula is C14H18O. The summed E-state index contributed by atoms with van der Waals surface area (Å²) in [5.41, 5.74) is 1.61. The van der Waals surface area contributed by atoms with Gasteiger partial charge < -0.3 is 4.42 Å². The van der Waals surface area contributed by atoms with Gasteiger partial charge in [0.25, 0.3) is 0 Å². The molecule has 0 saturated heterocycles. The van der Waals surface area contributed by atoms with E-state index in [2.05, 4.69) is 39.0 Å². The Morgan fingerprint density at radius 1 is 1.27 bits per heavy atom. The summed E-state index contributed by atoms with van der Waals surface area (Å²) in [5, 5.41) is 0. The van der Waals surface area contributed by atoms with Crippen LogP contribution in [0, 0.1) is 12.8 Å². The molecule has 1 aromatic heterocycles. The lowest BCUT2D eigenvalue weighted by molar-refractivity contribution is 0.292. The third-order valence-electron chi connectivity index (χ3n) is 4.16. The Balaban J connectivity index is 2.25. The average Bonchev–Trinajstić information content (AvgIpc) is 2.55. The normalized spacial score (nSPS) is 31.4. The van der Waals surface area contributed by atoms with E-state index in [1.165, 1.54) is 24.2 Å². The Morgan fingerprint density at radius 2 is 2.07 bits per heavy atom. The molecule has 2 bridgehead atoms. The van der Waals surface area contributed by atoms with Crippen molar-refractivity contribution in [2.75, 3.05) is 0 Å². The molecule has 4 rings (SSSR count). The zero-order chi connectivity index (χ0) is 10.6. The van der Waals surface area contributed by atoms with Gasteiger partial charge in [-0.1, -0.05) is 26.0 Å². The largest absolute Gasteiger partial charge is 0.465 e. The molecule has 0 aliphatic heterocycles. The summed E-state index contributed by atoms with van der Waals surface area (Å²) in [5.74, 6) is 3.56. The third-order valence-corrected chi connectivity index (χ3v) is 4.16. The van der Waals surface area contributed by atoms with Gasteiger partial charge in [-0.05, 0) is 31.7 Å². The van der Waals surface area contributed by atoms with Gasteiger partial charge in [0.2, 0.25) is 0 Å². The Morgan fingerprint density at radius 3 is 2.73 bits per heavy atom. The van der Waals surface area contributed by atoms with Gasteiger partial charge in [0.1, 0.15) is 11.5 Å². The molecule has 1 aromatic rings. The number of fused-ring (bicyclic) bond motifs is 1. The lowest BCUT2D eigenvalue weighted by Gasteiger charge is -2.30. The van der Waals surface area contributed by atoms with E-state index in [4.69, 9.17) is 4.42 Å². The Hall–Kier alpha value is -0.980. The number of rotatable bonds is 0. The Bertz CT molecular complexity index is 423. The van der Waals surface area contributed by atoms with E-state index in [1.54, 1.807) is 0 Å². The number of aryl methyl sites for hydroxylation is 1. The molecule has 15 heavy (non-hydrogen) atoms. The summed E-state index contributed by atoms with van der Waals surface area (Å²) in [7, 11) is 0. The first-order valence-electron chi connectivity index (χ1n) is 5.88. The Kier molecular flexibility index (Phi) is 1.72. The fraction of sp³-hybridized carbons (Fsp3) is 0.571. The van der Waals surface area contributed by atoms with E-state index in [9.17, 15) is 0 Å². The first-order chi connectivity index (χ1) is 7.09. The first kappa shape index (κ1) is 9.26. The van der Waals surface area contributed by atoms with Gasteiger partial charge in [-0.3, -0.25) is 0 Å². The maximum absolute atomic E-state index is 5.94. The highest BCUT2D eigenvalue weighted by molar-refractivity contribution is 5.39. The van der Waals surface area contributed by atoms with Gasteiger partial charge in [0.05, 0.1) is 0 Å². The van der Waals surface area contributed by atoms with E-state index < -0.39 is 0 Å².